The van der Waals surface area contributed by atoms with E-state index in [1.54, 1.807) is 12.1 Å². The van der Waals surface area contributed by atoms with Gasteiger partial charge in [-0.15, -0.1) is 0 Å². The molecular formula is C22H26O4. The lowest BCUT2D eigenvalue weighted by molar-refractivity contribution is 0.0488. The normalized spacial score (nSPS) is 11.6. The van der Waals surface area contributed by atoms with Gasteiger partial charge in [-0.25, -0.2) is 0 Å². The van der Waals surface area contributed by atoms with Crippen LogP contribution in [0.25, 0.3) is 0 Å². The van der Waals surface area contributed by atoms with Crippen LogP contribution >= 0.6 is 0 Å². The maximum Gasteiger partial charge on any atom is 0.193 e. The third-order valence-electron chi connectivity index (χ3n) is 4.07. The van der Waals surface area contributed by atoms with Crippen molar-refractivity contribution in [2.24, 2.45) is 5.92 Å². The molecule has 0 aliphatic carbocycles. The van der Waals surface area contributed by atoms with Gasteiger partial charge in [0.1, 0.15) is 5.60 Å². The lowest BCUT2D eigenvalue weighted by atomic mass is 9.96. The van der Waals surface area contributed by atoms with Gasteiger partial charge in [-0.2, -0.15) is 0 Å². The molecule has 2 aromatic carbocycles. The van der Waals surface area contributed by atoms with Crippen molar-refractivity contribution in [1.29, 1.82) is 0 Å². The van der Waals surface area contributed by atoms with Crippen LogP contribution in [0.5, 0.6) is 0 Å². The van der Waals surface area contributed by atoms with Gasteiger partial charge in [0.2, 0.25) is 0 Å². The Morgan fingerprint density at radius 1 is 0.885 bits per heavy atom. The molecule has 0 atom stereocenters. The van der Waals surface area contributed by atoms with E-state index in [0.717, 1.165) is 16.7 Å². The zero-order valence-corrected chi connectivity index (χ0v) is 15.8. The number of aliphatic hydroxyl groups is 1. The molecule has 138 valence electrons. The molecule has 0 radical (unpaired) electrons. The minimum atomic E-state index is -1.37. The van der Waals surface area contributed by atoms with Gasteiger partial charge in [-0.1, -0.05) is 62.4 Å². The van der Waals surface area contributed by atoms with Crippen LogP contribution in [-0.4, -0.2) is 22.3 Å². The van der Waals surface area contributed by atoms with Crippen molar-refractivity contribution in [3.05, 3.63) is 70.8 Å². The topological polar surface area (TPSA) is 63.6 Å². The maximum atomic E-state index is 12.0. The van der Waals surface area contributed by atoms with Crippen LogP contribution in [0.3, 0.4) is 0 Å². The van der Waals surface area contributed by atoms with Gasteiger partial charge >= 0.3 is 0 Å². The molecule has 26 heavy (non-hydrogen) atoms. The number of Topliss-reactive ketones (excluding diaryl/α,β-unsaturated/α-hetero) is 2. The average Bonchev–Trinajstić information content (AvgIpc) is 2.61. The van der Waals surface area contributed by atoms with Crippen LogP contribution in [0.4, 0.5) is 0 Å². The molecule has 0 saturated heterocycles. The molecular weight excluding hydrogens is 328 g/mol. The average molecular weight is 354 g/mol. The van der Waals surface area contributed by atoms with E-state index in [4.69, 9.17) is 4.74 Å². The standard InChI is InChI=1S/C22H26O4/c1-15(2)20(23)18-9-5-16(6-10-18)13-26-14-17-7-11-19(12-8-17)21(24)22(3,4)25/h5-12,15,25H,13-14H2,1-4H3. The second-order valence-electron chi connectivity index (χ2n) is 7.29. The van der Waals surface area contributed by atoms with Crippen LogP contribution in [0.1, 0.15) is 59.5 Å². The summed E-state index contributed by atoms with van der Waals surface area (Å²) >= 11 is 0. The monoisotopic (exact) mass is 354 g/mol. The molecule has 0 aliphatic heterocycles. The molecule has 4 nitrogen and oxygen atoms in total. The second-order valence-corrected chi connectivity index (χ2v) is 7.29. The van der Waals surface area contributed by atoms with E-state index in [-0.39, 0.29) is 17.5 Å². The van der Waals surface area contributed by atoms with Crippen LogP contribution < -0.4 is 0 Å². The smallest absolute Gasteiger partial charge is 0.193 e. The highest BCUT2D eigenvalue weighted by molar-refractivity contribution is 6.01. The van der Waals surface area contributed by atoms with E-state index in [1.165, 1.54) is 13.8 Å². The number of benzene rings is 2. The zero-order valence-electron chi connectivity index (χ0n) is 15.8. The molecule has 0 amide bonds. The highest BCUT2D eigenvalue weighted by atomic mass is 16.5. The highest BCUT2D eigenvalue weighted by Crippen LogP contribution is 2.15. The fraction of sp³-hybridized carbons (Fsp3) is 0.364. The van der Waals surface area contributed by atoms with E-state index in [2.05, 4.69) is 0 Å². The third-order valence-corrected chi connectivity index (χ3v) is 4.07. The van der Waals surface area contributed by atoms with E-state index in [0.29, 0.717) is 18.8 Å². The quantitative estimate of drug-likeness (QED) is 0.722. The molecule has 0 heterocycles. The number of carbonyl (C=O) groups excluding carboxylic acids is 2. The molecule has 0 aliphatic rings. The van der Waals surface area contributed by atoms with Crippen molar-refractivity contribution in [2.75, 3.05) is 0 Å². The molecule has 0 saturated carbocycles. The third kappa shape index (κ3) is 5.35. The molecule has 0 spiro atoms. The van der Waals surface area contributed by atoms with Gasteiger partial charge in [0, 0.05) is 17.0 Å². The molecule has 2 rings (SSSR count). The number of ether oxygens (including phenoxy) is 1. The van der Waals surface area contributed by atoms with E-state index < -0.39 is 5.60 Å². The minimum absolute atomic E-state index is 0.0108. The van der Waals surface area contributed by atoms with Crippen molar-refractivity contribution in [2.45, 2.75) is 46.5 Å². The molecule has 4 heteroatoms. The van der Waals surface area contributed by atoms with Crippen LogP contribution in [0, 0.1) is 5.92 Å². The Kier molecular flexibility index (Phi) is 6.46. The molecule has 0 bridgehead atoms. The number of hydrogen-bond donors (Lipinski definition) is 1. The Labute approximate surface area is 154 Å². The molecule has 1 N–H and O–H groups in total. The fourth-order valence-corrected chi connectivity index (χ4v) is 2.49. The van der Waals surface area contributed by atoms with E-state index in [9.17, 15) is 14.7 Å². The summed E-state index contributed by atoms with van der Waals surface area (Å²) in [5.74, 6) is -0.178. The summed E-state index contributed by atoms with van der Waals surface area (Å²) in [5.41, 5.74) is 1.77. The van der Waals surface area contributed by atoms with Crippen LogP contribution in [0.2, 0.25) is 0 Å². The number of hydrogen-bond acceptors (Lipinski definition) is 4. The Bertz CT molecular complexity index is 750. The summed E-state index contributed by atoms with van der Waals surface area (Å²) < 4.78 is 5.70. The molecule has 0 aromatic heterocycles. The van der Waals surface area contributed by atoms with Crippen molar-refractivity contribution in [3.63, 3.8) is 0 Å². The van der Waals surface area contributed by atoms with E-state index >= 15 is 0 Å². The zero-order chi connectivity index (χ0) is 19.3. The minimum Gasteiger partial charge on any atom is -0.382 e. The predicted octanol–water partition coefficient (Wildman–Crippen LogP) is 4.20. The predicted molar refractivity (Wildman–Crippen MR) is 101 cm³/mol. The SMILES string of the molecule is CC(C)C(=O)c1ccc(COCc2ccc(C(=O)C(C)(C)O)cc2)cc1. The second kappa shape index (κ2) is 8.39. The highest BCUT2D eigenvalue weighted by Gasteiger charge is 2.24. The summed E-state index contributed by atoms with van der Waals surface area (Å²) in [6, 6.07) is 14.5. The van der Waals surface area contributed by atoms with Gasteiger partial charge in [0.05, 0.1) is 13.2 Å². The molecule has 2 aromatic rings. The summed E-state index contributed by atoms with van der Waals surface area (Å²) in [5, 5.41) is 9.77. The lowest BCUT2D eigenvalue weighted by Gasteiger charge is -2.15. The Balaban J connectivity index is 1.88. The van der Waals surface area contributed by atoms with Gasteiger partial charge in [0.15, 0.2) is 11.6 Å². The maximum absolute atomic E-state index is 12.0. The summed E-state index contributed by atoms with van der Waals surface area (Å²) in [4.78, 5) is 23.9. The Hall–Kier alpha value is -2.30. The van der Waals surface area contributed by atoms with Crippen molar-refractivity contribution >= 4 is 11.6 Å². The first-order chi connectivity index (χ1) is 12.2. The first-order valence-corrected chi connectivity index (χ1v) is 8.75. The summed E-state index contributed by atoms with van der Waals surface area (Å²) in [6.45, 7) is 7.60. The summed E-state index contributed by atoms with van der Waals surface area (Å²) in [7, 11) is 0. The van der Waals surface area contributed by atoms with Gasteiger partial charge < -0.3 is 9.84 Å². The lowest BCUT2D eigenvalue weighted by Crippen LogP contribution is -2.31. The first-order valence-electron chi connectivity index (χ1n) is 8.75. The van der Waals surface area contributed by atoms with E-state index in [1.807, 2.05) is 50.2 Å². The number of ketones is 2. The van der Waals surface area contributed by atoms with Crippen LogP contribution in [-0.2, 0) is 18.0 Å². The number of carbonyl (C=O) groups is 2. The summed E-state index contributed by atoms with van der Waals surface area (Å²) in [6.07, 6.45) is 0. The van der Waals surface area contributed by atoms with Gasteiger partial charge in [-0.3, -0.25) is 9.59 Å². The Morgan fingerprint density at radius 2 is 1.31 bits per heavy atom. The number of rotatable bonds is 8. The van der Waals surface area contributed by atoms with Crippen molar-refractivity contribution < 1.29 is 19.4 Å². The van der Waals surface area contributed by atoms with Gasteiger partial charge in [0.25, 0.3) is 0 Å². The van der Waals surface area contributed by atoms with Crippen molar-refractivity contribution in [1.82, 2.24) is 0 Å². The van der Waals surface area contributed by atoms with Crippen molar-refractivity contribution in [3.8, 4) is 0 Å². The first kappa shape index (κ1) is 20.0. The molecule has 0 unspecified atom stereocenters. The largest absolute Gasteiger partial charge is 0.382 e. The molecule has 0 fully saturated rings. The van der Waals surface area contributed by atoms with Gasteiger partial charge in [-0.05, 0) is 25.0 Å². The van der Waals surface area contributed by atoms with Crippen LogP contribution in [0.15, 0.2) is 48.5 Å². The fourth-order valence-electron chi connectivity index (χ4n) is 2.49. The Morgan fingerprint density at radius 3 is 1.69 bits per heavy atom.